The van der Waals surface area contributed by atoms with Crippen molar-refractivity contribution in [1.82, 2.24) is 24.8 Å². The van der Waals surface area contributed by atoms with Crippen LogP contribution in [0, 0.1) is 5.92 Å². The van der Waals surface area contributed by atoms with E-state index in [0.717, 1.165) is 37.0 Å². The molecule has 1 aromatic carbocycles. The number of rotatable bonds is 3. The van der Waals surface area contributed by atoms with Crippen LogP contribution in [0.25, 0.3) is 10.9 Å². The first-order chi connectivity index (χ1) is 13.2. The number of amides is 1. The number of para-hydroxylation sites is 1. The summed E-state index contributed by atoms with van der Waals surface area (Å²) in [6.45, 7) is 3.25. The van der Waals surface area contributed by atoms with Gasteiger partial charge in [0.2, 0.25) is 0 Å². The van der Waals surface area contributed by atoms with E-state index in [2.05, 4.69) is 51.2 Å². The van der Waals surface area contributed by atoms with Crippen molar-refractivity contribution in [3.8, 4) is 0 Å². The zero-order chi connectivity index (χ0) is 18.6. The first-order valence-electron chi connectivity index (χ1n) is 9.27. The Bertz CT molecular complexity index is 925. The van der Waals surface area contributed by atoms with Gasteiger partial charge in [0, 0.05) is 44.0 Å². The number of aromatic nitrogens is 3. The summed E-state index contributed by atoms with van der Waals surface area (Å²) in [4.78, 5) is 29.7. The second kappa shape index (κ2) is 7.80. The second-order valence-corrected chi connectivity index (χ2v) is 7.17. The van der Waals surface area contributed by atoms with E-state index in [0.29, 0.717) is 18.2 Å². The van der Waals surface area contributed by atoms with Crippen molar-refractivity contribution in [1.29, 1.82) is 0 Å². The van der Waals surface area contributed by atoms with Crippen molar-refractivity contribution in [2.24, 2.45) is 5.92 Å². The topological polar surface area (TPSA) is 62.2 Å². The molecule has 2 aromatic heterocycles. The van der Waals surface area contributed by atoms with Crippen LogP contribution in [-0.4, -0.2) is 63.9 Å². The summed E-state index contributed by atoms with van der Waals surface area (Å²) in [5.41, 5.74) is 2.75. The van der Waals surface area contributed by atoms with Crippen molar-refractivity contribution >= 4 is 16.8 Å². The van der Waals surface area contributed by atoms with Gasteiger partial charge in [0.05, 0.1) is 5.52 Å². The average Bonchev–Trinajstić information content (AvgIpc) is 2.89. The van der Waals surface area contributed by atoms with E-state index in [1.807, 2.05) is 17.2 Å². The molecular weight excluding hydrogens is 338 g/mol. The molecule has 3 heterocycles. The molecule has 0 radical (unpaired) electrons. The van der Waals surface area contributed by atoms with E-state index < -0.39 is 0 Å². The molecule has 138 valence electrons. The highest BCUT2D eigenvalue weighted by molar-refractivity contribution is 5.92. The van der Waals surface area contributed by atoms with Crippen LogP contribution in [0.15, 0.2) is 55.1 Å². The van der Waals surface area contributed by atoms with Gasteiger partial charge in [0.25, 0.3) is 5.91 Å². The van der Waals surface area contributed by atoms with Gasteiger partial charge in [-0.15, -0.1) is 0 Å². The molecule has 0 spiro atoms. The Morgan fingerprint density at radius 2 is 1.96 bits per heavy atom. The molecule has 1 aliphatic heterocycles. The molecule has 0 bridgehead atoms. The molecule has 0 aliphatic carbocycles. The third kappa shape index (κ3) is 3.95. The number of benzene rings is 1. The summed E-state index contributed by atoms with van der Waals surface area (Å²) in [6, 6.07) is 12.1. The molecule has 1 amide bonds. The van der Waals surface area contributed by atoms with E-state index in [-0.39, 0.29) is 5.91 Å². The molecule has 0 saturated carbocycles. The molecule has 1 atom stereocenters. The highest BCUT2D eigenvalue weighted by Crippen LogP contribution is 2.22. The van der Waals surface area contributed by atoms with E-state index >= 15 is 0 Å². The standard InChI is InChI=1S/C21H23N5O/c1-25-10-11-26(21(27)19-7-9-22-15-24-19)14-16(13-25)12-18-5-2-4-17-6-3-8-23-20(17)18/h2-9,15-16H,10-14H2,1H3/t16-/m1/s1. The van der Waals surface area contributed by atoms with E-state index in [9.17, 15) is 4.79 Å². The van der Waals surface area contributed by atoms with Crippen LogP contribution >= 0.6 is 0 Å². The minimum Gasteiger partial charge on any atom is -0.336 e. The third-order valence-corrected chi connectivity index (χ3v) is 5.11. The minimum atomic E-state index is -0.0197. The Morgan fingerprint density at radius 1 is 1.07 bits per heavy atom. The van der Waals surface area contributed by atoms with Gasteiger partial charge >= 0.3 is 0 Å². The fourth-order valence-electron chi connectivity index (χ4n) is 3.82. The smallest absolute Gasteiger partial charge is 0.272 e. The fraction of sp³-hybridized carbons (Fsp3) is 0.333. The van der Waals surface area contributed by atoms with Crippen LogP contribution in [0.3, 0.4) is 0 Å². The largest absolute Gasteiger partial charge is 0.336 e. The zero-order valence-electron chi connectivity index (χ0n) is 15.5. The monoisotopic (exact) mass is 361 g/mol. The molecule has 6 nitrogen and oxygen atoms in total. The second-order valence-electron chi connectivity index (χ2n) is 7.17. The van der Waals surface area contributed by atoms with Gasteiger partial charge in [0.15, 0.2) is 0 Å². The van der Waals surface area contributed by atoms with Crippen LogP contribution in [0.2, 0.25) is 0 Å². The molecule has 1 saturated heterocycles. The molecule has 0 unspecified atom stereocenters. The lowest BCUT2D eigenvalue weighted by atomic mass is 9.96. The lowest BCUT2D eigenvalue weighted by Crippen LogP contribution is -2.37. The quantitative estimate of drug-likeness (QED) is 0.716. The van der Waals surface area contributed by atoms with Crippen molar-refractivity contribution in [2.75, 3.05) is 33.2 Å². The zero-order valence-corrected chi connectivity index (χ0v) is 15.5. The van der Waals surface area contributed by atoms with Crippen LogP contribution in [0.4, 0.5) is 0 Å². The van der Waals surface area contributed by atoms with Crippen LogP contribution in [0.1, 0.15) is 16.1 Å². The van der Waals surface area contributed by atoms with Gasteiger partial charge in [-0.2, -0.15) is 0 Å². The van der Waals surface area contributed by atoms with Gasteiger partial charge in [-0.1, -0.05) is 24.3 Å². The fourth-order valence-corrected chi connectivity index (χ4v) is 3.82. The summed E-state index contributed by atoms with van der Waals surface area (Å²) in [5.74, 6) is 0.324. The van der Waals surface area contributed by atoms with Gasteiger partial charge in [-0.05, 0) is 37.1 Å². The Morgan fingerprint density at radius 3 is 2.81 bits per heavy atom. The molecule has 0 N–H and O–H groups in total. The lowest BCUT2D eigenvalue weighted by molar-refractivity contribution is 0.0740. The average molecular weight is 361 g/mol. The van der Waals surface area contributed by atoms with Crippen LogP contribution in [-0.2, 0) is 6.42 Å². The maximum atomic E-state index is 12.9. The van der Waals surface area contributed by atoms with Crippen molar-refractivity contribution in [3.05, 3.63) is 66.4 Å². The normalized spacial score (nSPS) is 18.4. The van der Waals surface area contributed by atoms with Gasteiger partial charge in [0.1, 0.15) is 12.0 Å². The SMILES string of the molecule is CN1CCN(C(=O)c2ccncn2)C[C@H](Cc2cccc3cccnc23)C1. The van der Waals surface area contributed by atoms with Crippen LogP contribution in [0.5, 0.6) is 0 Å². The summed E-state index contributed by atoms with van der Waals surface area (Å²) in [7, 11) is 2.12. The van der Waals surface area contributed by atoms with Crippen molar-refractivity contribution in [3.63, 3.8) is 0 Å². The predicted molar refractivity (Wildman–Crippen MR) is 104 cm³/mol. The summed E-state index contributed by atoms with van der Waals surface area (Å²) in [5, 5.41) is 1.16. The number of hydrogen-bond acceptors (Lipinski definition) is 5. The Kier molecular flexibility index (Phi) is 5.07. The first-order valence-corrected chi connectivity index (χ1v) is 9.27. The van der Waals surface area contributed by atoms with Gasteiger partial charge in [-0.3, -0.25) is 9.78 Å². The number of hydrogen-bond donors (Lipinski definition) is 0. The molecule has 4 rings (SSSR count). The maximum absolute atomic E-state index is 12.9. The van der Waals surface area contributed by atoms with Crippen molar-refractivity contribution in [2.45, 2.75) is 6.42 Å². The highest BCUT2D eigenvalue weighted by atomic mass is 16.2. The highest BCUT2D eigenvalue weighted by Gasteiger charge is 2.26. The Labute approximate surface area is 158 Å². The molecular formula is C21H23N5O. The molecule has 1 fully saturated rings. The first kappa shape index (κ1) is 17.5. The number of carbonyl (C=O) groups is 1. The summed E-state index contributed by atoms with van der Waals surface area (Å²) >= 11 is 0. The van der Waals surface area contributed by atoms with Gasteiger partial charge in [-0.25, -0.2) is 9.97 Å². The molecule has 1 aliphatic rings. The predicted octanol–water partition coefficient (Wildman–Crippen LogP) is 2.27. The lowest BCUT2D eigenvalue weighted by Gasteiger charge is -2.24. The van der Waals surface area contributed by atoms with Crippen molar-refractivity contribution < 1.29 is 4.79 Å². The molecule has 3 aromatic rings. The Hall–Kier alpha value is -2.86. The number of nitrogens with zero attached hydrogens (tertiary/aromatic N) is 5. The maximum Gasteiger partial charge on any atom is 0.272 e. The minimum absolute atomic E-state index is 0.0197. The van der Waals surface area contributed by atoms with E-state index in [4.69, 9.17) is 0 Å². The number of pyridine rings is 1. The number of carbonyl (C=O) groups excluding carboxylic acids is 1. The number of fused-ring (bicyclic) bond motifs is 1. The summed E-state index contributed by atoms with van der Waals surface area (Å²) < 4.78 is 0. The Balaban J connectivity index is 1.57. The third-order valence-electron chi connectivity index (χ3n) is 5.11. The molecule has 27 heavy (non-hydrogen) atoms. The van der Waals surface area contributed by atoms with E-state index in [1.54, 1.807) is 12.3 Å². The van der Waals surface area contributed by atoms with Crippen LogP contribution < -0.4 is 0 Å². The molecule has 6 heteroatoms. The van der Waals surface area contributed by atoms with E-state index in [1.165, 1.54) is 11.9 Å². The summed E-state index contributed by atoms with van der Waals surface area (Å²) in [6.07, 6.45) is 5.78. The van der Waals surface area contributed by atoms with Gasteiger partial charge < -0.3 is 9.80 Å². The number of likely N-dealkylation sites (N-methyl/N-ethyl adjacent to an activating group) is 1.